The Hall–Kier alpha value is -0.650. The van der Waals surface area contributed by atoms with Crippen LogP contribution in [0, 0.1) is 5.82 Å². The molecular formula is C9H8BrClFNO2. The first-order chi connectivity index (χ1) is 6.91. The molecule has 0 saturated heterocycles. The van der Waals surface area contributed by atoms with Gasteiger partial charge in [-0.05, 0) is 24.1 Å². The van der Waals surface area contributed by atoms with Crippen LogP contribution in [0.4, 0.5) is 4.39 Å². The van der Waals surface area contributed by atoms with Gasteiger partial charge in [0.1, 0.15) is 11.9 Å². The summed E-state index contributed by atoms with van der Waals surface area (Å²) in [4.78, 5) is 10.5. The van der Waals surface area contributed by atoms with E-state index in [2.05, 4.69) is 15.9 Å². The van der Waals surface area contributed by atoms with Gasteiger partial charge in [0.2, 0.25) is 0 Å². The van der Waals surface area contributed by atoms with Gasteiger partial charge in [-0.1, -0.05) is 27.5 Å². The number of carboxylic acids is 1. The average molecular weight is 297 g/mol. The number of rotatable bonds is 3. The molecule has 0 aromatic heterocycles. The summed E-state index contributed by atoms with van der Waals surface area (Å²) in [6, 6.07) is 1.67. The van der Waals surface area contributed by atoms with E-state index >= 15 is 0 Å². The third-order valence-electron chi connectivity index (χ3n) is 1.83. The Bertz CT molecular complexity index is 400. The molecule has 0 aliphatic rings. The summed E-state index contributed by atoms with van der Waals surface area (Å²) in [5.74, 6) is -1.75. The number of carbonyl (C=O) groups is 1. The van der Waals surface area contributed by atoms with Crippen molar-refractivity contribution in [2.24, 2.45) is 5.73 Å². The molecule has 1 atom stereocenters. The first-order valence-corrected chi connectivity index (χ1v) is 5.20. The molecule has 82 valence electrons. The van der Waals surface area contributed by atoms with E-state index in [1.165, 1.54) is 6.07 Å². The number of hydrogen-bond acceptors (Lipinski definition) is 2. The van der Waals surface area contributed by atoms with Crippen molar-refractivity contribution in [3.05, 3.63) is 33.0 Å². The van der Waals surface area contributed by atoms with Gasteiger partial charge in [0.15, 0.2) is 0 Å². The van der Waals surface area contributed by atoms with E-state index in [9.17, 15) is 9.18 Å². The third-order valence-corrected chi connectivity index (χ3v) is 2.71. The van der Waals surface area contributed by atoms with E-state index in [-0.39, 0.29) is 11.4 Å². The van der Waals surface area contributed by atoms with Gasteiger partial charge in [-0.25, -0.2) is 4.39 Å². The molecule has 0 amide bonds. The normalized spacial score (nSPS) is 12.5. The number of hydrogen-bond donors (Lipinski definition) is 2. The second kappa shape index (κ2) is 4.92. The number of benzene rings is 1. The van der Waals surface area contributed by atoms with E-state index in [1.54, 1.807) is 6.07 Å². The van der Waals surface area contributed by atoms with Gasteiger partial charge in [0, 0.05) is 4.47 Å². The van der Waals surface area contributed by atoms with Gasteiger partial charge in [-0.3, -0.25) is 4.79 Å². The highest BCUT2D eigenvalue weighted by molar-refractivity contribution is 9.10. The Morgan fingerprint density at radius 1 is 1.67 bits per heavy atom. The zero-order chi connectivity index (χ0) is 11.6. The first-order valence-electron chi connectivity index (χ1n) is 4.03. The van der Waals surface area contributed by atoms with Crippen molar-refractivity contribution in [2.75, 3.05) is 0 Å². The van der Waals surface area contributed by atoms with Gasteiger partial charge >= 0.3 is 5.97 Å². The summed E-state index contributed by atoms with van der Waals surface area (Å²) in [6.07, 6.45) is -0.00940. The highest BCUT2D eigenvalue weighted by atomic mass is 79.9. The SMILES string of the molecule is NC(Cc1cc(Br)cc(F)c1Cl)C(=O)O. The van der Waals surface area contributed by atoms with Crippen LogP contribution in [0.5, 0.6) is 0 Å². The minimum Gasteiger partial charge on any atom is -0.480 e. The van der Waals surface area contributed by atoms with Crippen LogP contribution in [-0.4, -0.2) is 17.1 Å². The van der Waals surface area contributed by atoms with Crippen molar-refractivity contribution >= 4 is 33.5 Å². The minimum absolute atomic E-state index is 0.00940. The van der Waals surface area contributed by atoms with Crippen LogP contribution in [0.2, 0.25) is 5.02 Å². The minimum atomic E-state index is -1.15. The molecule has 1 unspecified atom stereocenters. The van der Waals surface area contributed by atoms with Crippen molar-refractivity contribution < 1.29 is 14.3 Å². The van der Waals surface area contributed by atoms with Crippen LogP contribution in [-0.2, 0) is 11.2 Å². The van der Waals surface area contributed by atoms with Crippen LogP contribution in [0.15, 0.2) is 16.6 Å². The summed E-state index contributed by atoms with van der Waals surface area (Å²) >= 11 is 8.76. The predicted molar refractivity (Wildman–Crippen MR) is 58.4 cm³/mol. The molecule has 0 heterocycles. The topological polar surface area (TPSA) is 63.3 Å². The molecule has 0 saturated carbocycles. The lowest BCUT2D eigenvalue weighted by Crippen LogP contribution is -2.32. The summed E-state index contributed by atoms with van der Waals surface area (Å²) < 4.78 is 13.6. The maximum absolute atomic E-state index is 13.1. The zero-order valence-electron chi connectivity index (χ0n) is 7.51. The summed E-state index contributed by atoms with van der Waals surface area (Å²) in [5, 5.41) is 8.51. The Labute approximate surface area is 99.2 Å². The monoisotopic (exact) mass is 295 g/mol. The molecule has 0 aliphatic carbocycles. The number of aliphatic carboxylic acids is 1. The molecule has 1 aromatic carbocycles. The van der Waals surface area contributed by atoms with Crippen LogP contribution in [0.1, 0.15) is 5.56 Å². The summed E-state index contributed by atoms with van der Waals surface area (Å²) in [6.45, 7) is 0. The fourth-order valence-electron chi connectivity index (χ4n) is 1.08. The molecule has 1 rings (SSSR count). The maximum Gasteiger partial charge on any atom is 0.320 e. The van der Waals surface area contributed by atoms with Gasteiger partial charge in [-0.2, -0.15) is 0 Å². The lowest BCUT2D eigenvalue weighted by molar-refractivity contribution is -0.138. The molecule has 0 spiro atoms. The lowest BCUT2D eigenvalue weighted by atomic mass is 10.1. The summed E-state index contributed by atoms with van der Waals surface area (Å²) in [7, 11) is 0. The van der Waals surface area contributed by atoms with E-state index in [0.717, 1.165) is 0 Å². The molecule has 3 N–H and O–H groups in total. The van der Waals surface area contributed by atoms with Crippen molar-refractivity contribution in [3.63, 3.8) is 0 Å². The maximum atomic E-state index is 13.1. The van der Waals surface area contributed by atoms with Crippen LogP contribution < -0.4 is 5.73 Å². The molecule has 0 bridgehead atoms. The highest BCUT2D eigenvalue weighted by Crippen LogP contribution is 2.25. The second-order valence-electron chi connectivity index (χ2n) is 3.01. The molecule has 1 aromatic rings. The molecule has 0 aliphatic heterocycles. The quantitative estimate of drug-likeness (QED) is 0.841. The Balaban J connectivity index is 2.99. The second-order valence-corrected chi connectivity index (χ2v) is 4.30. The number of nitrogens with two attached hydrogens (primary N) is 1. The van der Waals surface area contributed by atoms with E-state index in [1.807, 2.05) is 0 Å². The van der Waals surface area contributed by atoms with E-state index in [0.29, 0.717) is 10.0 Å². The standard InChI is InChI=1S/C9H8BrClFNO2/c10-5-1-4(2-7(13)9(14)15)8(11)6(12)3-5/h1,3,7H,2,13H2,(H,14,15). The van der Waals surface area contributed by atoms with Gasteiger partial charge < -0.3 is 10.8 Å². The van der Waals surface area contributed by atoms with E-state index in [4.69, 9.17) is 22.4 Å². The highest BCUT2D eigenvalue weighted by Gasteiger charge is 2.16. The van der Waals surface area contributed by atoms with Crippen molar-refractivity contribution in [1.29, 1.82) is 0 Å². The third kappa shape index (κ3) is 3.15. The fourth-order valence-corrected chi connectivity index (χ4v) is 1.75. The van der Waals surface area contributed by atoms with Crippen LogP contribution >= 0.6 is 27.5 Å². The molecule has 15 heavy (non-hydrogen) atoms. The predicted octanol–water partition coefficient (Wildman–Crippen LogP) is 2.20. The van der Waals surface area contributed by atoms with Crippen molar-refractivity contribution in [3.8, 4) is 0 Å². The molecule has 0 radical (unpaired) electrons. The van der Waals surface area contributed by atoms with Crippen molar-refractivity contribution in [2.45, 2.75) is 12.5 Å². The first kappa shape index (κ1) is 12.4. The Morgan fingerprint density at radius 3 is 2.80 bits per heavy atom. The van der Waals surface area contributed by atoms with E-state index < -0.39 is 17.8 Å². The fraction of sp³-hybridized carbons (Fsp3) is 0.222. The van der Waals surface area contributed by atoms with Crippen LogP contribution in [0.25, 0.3) is 0 Å². The number of halogens is 3. The Morgan fingerprint density at radius 2 is 2.27 bits per heavy atom. The lowest BCUT2D eigenvalue weighted by Gasteiger charge is -2.09. The van der Waals surface area contributed by atoms with Gasteiger partial charge in [0.05, 0.1) is 5.02 Å². The average Bonchev–Trinajstić information content (AvgIpc) is 2.13. The molecule has 6 heteroatoms. The largest absolute Gasteiger partial charge is 0.480 e. The zero-order valence-corrected chi connectivity index (χ0v) is 9.85. The molecular weight excluding hydrogens is 288 g/mol. The smallest absolute Gasteiger partial charge is 0.320 e. The Kier molecular flexibility index (Phi) is 4.07. The van der Waals surface area contributed by atoms with Crippen LogP contribution in [0.3, 0.4) is 0 Å². The molecule has 3 nitrogen and oxygen atoms in total. The molecule has 0 fully saturated rings. The van der Waals surface area contributed by atoms with Crippen molar-refractivity contribution in [1.82, 2.24) is 0 Å². The van der Waals surface area contributed by atoms with Gasteiger partial charge in [0.25, 0.3) is 0 Å². The van der Waals surface area contributed by atoms with Gasteiger partial charge in [-0.15, -0.1) is 0 Å². The number of carboxylic acid groups (broad SMARTS) is 1. The summed E-state index contributed by atoms with van der Waals surface area (Å²) in [5.41, 5.74) is 5.70.